The fourth-order valence-electron chi connectivity index (χ4n) is 0.995. The zero-order valence-corrected chi connectivity index (χ0v) is 9.91. The van der Waals surface area contributed by atoms with E-state index in [1.54, 1.807) is 6.92 Å². The molecule has 1 aromatic rings. The Labute approximate surface area is 97.5 Å². The summed E-state index contributed by atoms with van der Waals surface area (Å²) in [5, 5.41) is 0.531. The summed E-state index contributed by atoms with van der Waals surface area (Å²) in [6.07, 6.45) is 1.32. The highest BCUT2D eigenvalue weighted by Gasteiger charge is 2.12. The van der Waals surface area contributed by atoms with E-state index in [0.717, 1.165) is 0 Å². The number of hydrogen-bond acceptors (Lipinski definition) is 7. The Kier molecular flexibility index (Phi) is 4.84. The van der Waals surface area contributed by atoms with Crippen LogP contribution in [-0.2, 0) is 9.53 Å². The summed E-state index contributed by atoms with van der Waals surface area (Å²) in [6, 6.07) is 0. The molecule has 1 heterocycles. The summed E-state index contributed by atoms with van der Waals surface area (Å²) < 4.78 is 9.84. The molecule has 0 saturated heterocycles. The van der Waals surface area contributed by atoms with Crippen LogP contribution in [0, 0.1) is 0 Å². The van der Waals surface area contributed by atoms with Gasteiger partial charge in [0, 0.05) is 0 Å². The number of hydrogen-bond donors (Lipinski definition) is 1. The molecule has 0 radical (unpaired) electrons. The first-order valence-corrected chi connectivity index (χ1v) is 5.60. The van der Waals surface area contributed by atoms with Crippen LogP contribution >= 0.6 is 11.8 Å². The van der Waals surface area contributed by atoms with Crippen LogP contribution in [-0.4, -0.2) is 35.4 Å². The van der Waals surface area contributed by atoms with Crippen LogP contribution in [0.1, 0.15) is 6.92 Å². The van der Waals surface area contributed by atoms with Gasteiger partial charge < -0.3 is 15.2 Å². The van der Waals surface area contributed by atoms with Gasteiger partial charge in [-0.2, -0.15) is 0 Å². The van der Waals surface area contributed by atoms with E-state index in [1.165, 1.54) is 25.2 Å². The molecule has 0 spiro atoms. The number of anilines is 1. The quantitative estimate of drug-likeness (QED) is 0.463. The number of nitrogens with two attached hydrogens (primary N) is 1. The molecule has 7 heteroatoms. The van der Waals surface area contributed by atoms with Crippen LogP contribution in [0.25, 0.3) is 0 Å². The summed E-state index contributed by atoms with van der Waals surface area (Å²) in [5.74, 6) is 0.507. The molecule has 0 atom stereocenters. The molecule has 16 heavy (non-hydrogen) atoms. The number of carbonyl (C=O) groups is 1. The van der Waals surface area contributed by atoms with Gasteiger partial charge in [-0.15, -0.1) is 0 Å². The average molecular weight is 243 g/mol. The summed E-state index contributed by atoms with van der Waals surface area (Å²) in [7, 11) is 1.48. The van der Waals surface area contributed by atoms with Crippen molar-refractivity contribution in [3.05, 3.63) is 6.33 Å². The maximum Gasteiger partial charge on any atom is 0.316 e. The van der Waals surface area contributed by atoms with Crippen molar-refractivity contribution >= 4 is 23.5 Å². The number of aromatic nitrogens is 2. The summed E-state index contributed by atoms with van der Waals surface area (Å²) >= 11 is 1.20. The van der Waals surface area contributed by atoms with Crippen molar-refractivity contribution < 1.29 is 14.3 Å². The lowest BCUT2D eigenvalue weighted by Crippen LogP contribution is -2.07. The number of esters is 1. The second kappa shape index (κ2) is 6.16. The Morgan fingerprint density at radius 1 is 1.56 bits per heavy atom. The lowest BCUT2D eigenvalue weighted by Gasteiger charge is -2.07. The van der Waals surface area contributed by atoms with Gasteiger partial charge in [0.25, 0.3) is 0 Å². The van der Waals surface area contributed by atoms with E-state index < -0.39 is 0 Å². The summed E-state index contributed by atoms with van der Waals surface area (Å²) in [6.45, 7) is 2.12. The van der Waals surface area contributed by atoms with E-state index in [0.29, 0.717) is 17.4 Å². The molecular formula is C9H13N3O3S. The van der Waals surface area contributed by atoms with Crippen molar-refractivity contribution in [3.8, 4) is 5.75 Å². The van der Waals surface area contributed by atoms with Crippen LogP contribution in [0.4, 0.5) is 5.82 Å². The van der Waals surface area contributed by atoms with E-state index in [4.69, 9.17) is 15.2 Å². The van der Waals surface area contributed by atoms with Gasteiger partial charge in [-0.25, -0.2) is 9.97 Å². The van der Waals surface area contributed by atoms with Crippen molar-refractivity contribution in [1.82, 2.24) is 9.97 Å². The van der Waals surface area contributed by atoms with E-state index in [-0.39, 0.29) is 17.5 Å². The van der Waals surface area contributed by atoms with Crippen molar-refractivity contribution in [1.29, 1.82) is 0 Å². The van der Waals surface area contributed by atoms with Gasteiger partial charge in [-0.1, -0.05) is 11.8 Å². The maximum absolute atomic E-state index is 11.1. The lowest BCUT2D eigenvalue weighted by atomic mass is 10.5. The van der Waals surface area contributed by atoms with Gasteiger partial charge >= 0.3 is 5.97 Å². The first kappa shape index (κ1) is 12.6. The van der Waals surface area contributed by atoms with Gasteiger partial charge in [-0.05, 0) is 6.92 Å². The topological polar surface area (TPSA) is 87.3 Å². The number of nitrogens with zero attached hydrogens (tertiary/aromatic N) is 2. The maximum atomic E-state index is 11.1. The average Bonchev–Trinajstić information content (AvgIpc) is 2.27. The molecule has 0 aromatic carbocycles. The fraction of sp³-hybridized carbons (Fsp3) is 0.444. The van der Waals surface area contributed by atoms with Gasteiger partial charge in [0.15, 0.2) is 11.6 Å². The van der Waals surface area contributed by atoms with Gasteiger partial charge in [-0.3, -0.25) is 4.79 Å². The molecule has 1 rings (SSSR count). The third-order valence-corrected chi connectivity index (χ3v) is 2.58. The van der Waals surface area contributed by atoms with Crippen LogP contribution in [0.5, 0.6) is 5.75 Å². The Balaban J connectivity index is 2.66. The molecular weight excluding hydrogens is 230 g/mol. The highest BCUT2D eigenvalue weighted by molar-refractivity contribution is 8.00. The van der Waals surface area contributed by atoms with E-state index >= 15 is 0 Å². The summed E-state index contributed by atoms with van der Waals surface area (Å²) in [4.78, 5) is 18.9. The molecule has 0 aliphatic rings. The number of thioether (sulfide) groups is 1. The number of methoxy groups -OCH3 is 1. The number of nitrogen functional groups attached to an aromatic ring is 1. The number of rotatable bonds is 5. The van der Waals surface area contributed by atoms with E-state index in [2.05, 4.69) is 9.97 Å². The third kappa shape index (κ3) is 3.27. The van der Waals surface area contributed by atoms with Crippen LogP contribution in [0.2, 0.25) is 0 Å². The smallest absolute Gasteiger partial charge is 0.316 e. The van der Waals surface area contributed by atoms with Crippen LogP contribution in [0.3, 0.4) is 0 Å². The third-order valence-electron chi connectivity index (χ3n) is 1.63. The fourth-order valence-corrected chi connectivity index (χ4v) is 1.77. The van der Waals surface area contributed by atoms with Gasteiger partial charge in [0.05, 0.1) is 19.5 Å². The van der Waals surface area contributed by atoms with E-state index in [9.17, 15) is 4.79 Å². The highest BCUT2D eigenvalue weighted by Crippen LogP contribution is 2.30. The van der Waals surface area contributed by atoms with Gasteiger partial charge in [0.2, 0.25) is 0 Å². The molecule has 1 aromatic heterocycles. The van der Waals surface area contributed by atoms with Crippen molar-refractivity contribution in [2.45, 2.75) is 11.9 Å². The lowest BCUT2D eigenvalue weighted by molar-refractivity contribution is -0.139. The minimum Gasteiger partial charge on any atom is -0.490 e. The number of ether oxygens (including phenoxy) is 2. The molecule has 6 nitrogen and oxygen atoms in total. The van der Waals surface area contributed by atoms with Crippen molar-refractivity contribution in [2.75, 3.05) is 25.2 Å². The highest BCUT2D eigenvalue weighted by atomic mass is 32.2. The normalized spacial score (nSPS) is 9.88. The molecule has 0 aliphatic carbocycles. The van der Waals surface area contributed by atoms with Crippen LogP contribution in [0.15, 0.2) is 11.4 Å². The second-order valence-corrected chi connectivity index (χ2v) is 3.66. The standard InChI is InChI=1S/C9H13N3O3S/c1-3-15-6(13)4-16-9-7(14-2)8(10)11-5-12-9/h5H,3-4H2,1-2H3,(H2,10,11,12). The minimum atomic E-state index is -0.299. The first-order chi connectivity index (χ1) is 7.69. The summed E-state index contributed by atoms with van der Waals surface area (Å²) in [5.41, 5.74) is 5.59. The molecule has 0 fully saturated rings. The predicted molar refractivity (Wildman–Crippen MR) is 60.4 cm³/mol. The largest absolute Gasteiger partial charge is 0.490 e. The molecule has 0 aliphatic heterocycles. The molecule has 0 bridgehead atoms. The zero-order valence-electron chi connectivity index (χ0n) is 9.10. The predicted octanol–water partition coefficient (Wildman–Crippen LogP) is 0.723. The first-order valence-electron chi connectivity index (χ1n) is 4.62. The number of carbonyl (C=O) groups excluding carboxylic acids is 1. The van der Waals surface area contributed by atoms with Crippen LogP contribution < -0.4 is 10.5 Å². The Morgan fingerprint density at radius 2 is 2.31 bits per heavy atom. The van der Waals surface area contributed by atoms with Crippen molar-refractivity contribution in [3.63, 3.8) is 0 Å². The molecule has 2 N–H and O–H groups in total. The van der Waals surface area contributed by atoms with Gasteiger partial charge in [0.1, 0.15) is 11.4 Å². The van der Waals surface area contributed by atoms with E-state index in [1.807, 2.05) is 0 Å². The van der Waals surface area contributed by atoms with Crippen molar-refractivity contribution in [2.24, 2.45) is 0 Å². The molecule has 0 unspecified atom stereocenters. The molecule has 88 valence electrons. The minimum absolute atomic E-state index is 0.167. The molecule has 0 saturated carbocycles. The monoisotopic (exact) mass is 243 g/mol. The SMILES string of the molecule is CCOC(=O)CSc1ncnc(N)c1OC. The Morgan fingerprint density at radius 3 is 2.94 bits per heavy atom. The molecule has 0 amide bonds. The second-order valence-electron chi connectivity index (χ2n) is 2.69. The Bertz CT molecular complexity index is 373. The Hall–Kier alpha value is -1.50. The zero-order chi connectivity index (χ0) is 12.0.